The van der Waals surface area contributed by atoms with Crippen LogP contribution in [0.5, 0.6) is 0 Å². The average Bonchev–Trinajstić information content (AvgIpc) is 3.09. The molecule has 2 amide bonds. The maximum Gasteiger partial charge on any atom is 0.407 e. The number of halogens is 9. The topological polar surface area (TPSA) is 134 Å². The van der Waals surface area contributed by atoms with Gasteiger partial charge < -0.3 is 19.9 Å². The fourth-order valence-corrected chi connectivity index (χ4v) is 5.92. The third-order valence-electron chi connectivity index (χ3n) is 9.49. The Kier molecular flexibility index (Phi) is 16.7. The number of terminal acetylenes is 1. The summed E-state index contributed by atoms with van der Waals surface area (Å²) in [5.74, 6) is -7.91. The first-order valence-electron chi connectivity index (χ1n) is 16.7. The summed E-state index contributed by atoms with van der Waals surface area (Å²) in [6.07, 6.45) is -10.3. The highest BCUT2D eigenvalue weighted by molar-refractivity contribution is 14.1. The summed E-state index contributed by atoms with van der Waals surface area (Å²) in [5.41, 5.74) is -4.20. The van der Waals surface area contributed by atoms with Crippen molar-refractivity contribution in [3.8, 4) is 12.3 Å². The summed E-state index contributed by atoms with van der Waals surface area (Å²) in [4.78, 5) is 51.7. The average molecular weight is 920 g/mol. The van der Waals surface area contributed by atoms with Crippen molar-refractivity contribution in [1.29, 1.82) is 0 Å². The molecule has 3 N–H and O–H groups in total. The van der Waals surface area contributed by atoms with Gasteiger partial charge in [-0.25, -0.2) is 18.6 Å². The first-order valence-corrected chi connectivity index (χ1v) is 17.8. The lowest BCUT2D eigenvalue weighted by Gasteiger charge is -2.37. The number of esters is 1. The van der Waals surface area contributed by atoms with Crippen LogP contribution in [0.1, 0.15) is 57.2 Å². The number of carbonyl (C=O) groups is 4. The van der Waals surface area contributed by atoms with Crippen LogP contribution < -0.4 is 10.7 Å². The van der Waals surface area contributed by atoms with Crippen molar-refractivity contribution in [1.82, 2.24) is 15.8 Å². The quantitative estimate of drug-likeness (QED) is 0.0529. The van der Waals surface area contributed by atoms with Gasteiger partial charge in [0.1, 0.15) is 17.7 Å². The zero-order valence-electron chi connectivity index (χ0n) is 31.1. The normalized spacial score (nSPS) is 14.6. The Morgan fingerprint density at radius 1 is 0.893 bits per heavy atom. The van der Waals surface area contributed by atoms with Crippen LogP contribution in [-0.2, 0) is 36.8 Å². The van der Waals surface area contributed by atoms with Gasteiger partial charge >= 0.3 is 24.4 Å². The Labute approximate surface area is 332 Å². The number of hydrogen-bond donors (Lipinski definition) is 3. The summed E-state index contributed by atoms with van der Waals surface area (Å²) in [5, 5.41) is 14.2. The number of alkyl halides is 6. The zero-order chi connectivity index (χ0) is 43.0. The first kappa shape index (κ1) is 48.1. The minimum atomic E-state index is -5.07. The van der Waals surface area contributed by atoms with Crippen molar-refractivity contribution >= 4 is 46.3 Å². The molecular weight excluding hydrogens is 877 g/mol. The molecule has 56 heavy (non-hydrogen) atoms. The van der Waals surface area contributed by atoms with Gasteiger partial charge in [-0.05, 0) is 78.6 Å². The molecule has 0 saturated heterocycles. The lowest BCUT2D eigenvalue weighted by atomic mass is 9.75. The third kappa shape index (κ3) is 12.5. The molecule has 0 spiro atoms. The van der Waals surface area contributed by atoms with Crippen molar-refractivity contribution < 1.29 is 68.9 Å². The molecule has 4 atom stereocenters. The van der Waals surface area contributed by atoms with Crippen LogP contribution in [0.4, 0.5) is 39.9 Å². The van der Waals surface area contributed by atoms with E-state index in [4.69, 9.17) is 6.42 Å². The molecule has 310 valence electrons. The van der Waals surface area contributed by atoms with Crippen LogP contribution in [0.15, 0.2) is 36.4 Å². The number of hydrogen-bond acceptors (Lipinski definition) is 8. The summed E-state index contributed by atoms with van der Waals surface area (Å²) in [6.45, 7) is 0.742. The number of benzene rings is 2. The van der Waals surface area contributed by atoms with Gasteiger partial charge in [0.05, 0.1) is 43.5 Å². The molecule has 0 aliphatic rings. The van der Waals surface area contributed by atoms with Crippen molar-refractivity contribution in [2.24, 2.45) is 22.7 Å². The smallest absolute Gasteiger partial charge is 0.407 e. The fourth-order valence-electron chi connectivity index (χ4n) is 5.56. The highest BCUT2D eigenvalue weighted by atomic mass is 127. The third-order valence-corrected chi connectivity index (χ3v) is 10.2. The minimum Gasteiger partial charge on any atom is -0.469 e. The number of aliphatic hydroxyl groups is 1. The van der Waals surface area contributed by atoms with Crippen molar-refractivity contribution in [2.75, 3.05) is 20.8 Å². The van der Waals surface area contributed by atoms with E-state index in [0.717, 1.165) is 29.9 Å². The number of rotatable bonds is 17. The van der Waals surface area contributed by atoms with Crippen LogP contribution in [0.2, 0.25) is 0 Å². The van der Waals surface area contributed by atoms with Gasteiger partial charge in [-0.1, -0.05) is 31.9 Å². The molecule has 0 heterocycles. The molecule has 0 saturated carbocycles. The summed E-state index contributed by atoms with van der Waals surface area (Å²) < 4.78 is 125. The summed E-state index contributed by atoms with van der Waals surface area (Å²) >= 11 is 1.99. The second-order valence-electron chi connectivity index (χ2n) is 14.1. The number of carbonyl (C=O) groups excluding carboxylic acids is 4. The van der Waals surface area contributed by atoms with E-state index in [-0.39, 0.29) is 12.0 Å². The van der Waals surface area contributed by atoms with Gasteiger partial charge in [-0.3, -0.25) is 19.8 Å². The van der Waals surface area contributed by atoms with Crippen molar-refractivity contribution in [3.05, 3.63) is 68.3 Å². The van der Waals surface area contributed by atoms with Gasteiger partial charge in [-0.2, -0.15) is 26.3 Å². The maximum atomic E-state index is 15.2. The van der Waals surface area contributed by atoms with E-state index in [1.54, 1.807) is 24.3 Å². The summed E-state index contributed by atoms with van der Waals surface area (Å²) in [7, 11) is 1.74. The number of aliphatic hydroxyl groups excluding tert-OH is 1. The van der Waals surface area contributed by atoms with E-state index >= 15 is 8.78 Å². The van der Waals surface area contributed by atoms with Crippen LogP contribution in [-0.4, -0.2) is 79.1 Å². The molecule has 2 aromatic rings. The number of Topliss-reactive ketones (excluding diaryl/α,β-unsaturated/α-hetero) is 1. The molecule has 2 aromatic carbocycles. The predicted molar refractivity (Wildman–Crippen MR) is 194 cm³/mol. The highest BCUT2D eigenvalue weighted by Crippen LogP contribution is 2.45. The van der Waals surface area contributed by atoms with Gasteiger partial charge in [-0.15, -0.1) is 6.42 Å². The van der Waals surface area contributed by atoms with Crippen LogP contribution >= 0.6 is 22.6 Å². The lowest BCUT2D eigenvalue weighted by Crippen LogP contribution is -2.57. The van der Waals surface area contributed by atoms with Crippen molar-refractivity contribution in [3.63, 3.8) is 0 Å². The number of ether oxygens (including phenoxy) is 2. The van der Waals surface area contributed by atoms with E-state index < -0.39 is 114 Å². The number of hydrazine groups is 1. The van der Waals surface area contributed by atoms with Crippen molar-refractivity contribution in [2.45, 2.75) is 78.0 Å². The molecule has 0 aliphatic heterocycles. The fraction of sp³-hybridized carbons (Fsp3) is 0.514. The molecule has 2 rings (SSSR count). The standard InChI is InChI=1S/C37H42F8IN3O7/c1-8-20-14-26(38)24(27(39)15-20)18-49(48-32(53)25(17-30(52)55-6)34(2,3)36(40,41)42)19-29(51)22(13-21-9-11-23(46)12-10-21)16-28(50)31(47-33(54)56-7)35(4,5)37(43,44)45/h1,9-12,14-15,22,25,29,31,51H,13,16-19H2,2-7H3,(H,47,54)(H,48,53)/t22-,25-,29+,31-/m1/s1. The van der Waals surface area contributed by atoms with E-state index in [1.165, 1.54) is 0 Å². The SMILES string of the molecule is C#Cc1cc(F)c(CN(C[C@H](O)[C@@H](CC(=O)[C@@H](NC(=O)OC)C(C)(C)C(F)(F)F)Cc2ccc(I)cc2)NC(=O)[C@@H](CC(=O)OC)C(C)(C)C(F)(F)F)c(F)c1. The molecule has 0 radical (unpaired) electrons. The summed E-state index contributed by atoms with van der Waals surface area (Å²) in [6, 6.07) is 5.74. The van der Waals surface area contributed by atoms with Gasteiger partial charge in [0.15, 0.2) is 5.78 Å². The Bertz CT molecular complexity index is 1740. The number of nitrogens with one attached hydrogen (secondary N) is 2. The van der Waals surface area contributed by atoms with Gasteiger partial charge in [0, 0.05) is 34.2 Å². The number of alkyl carbamates (subject to hydrolysis) is 1. The Morgan fingerprint density at radius 2 is 1.43 bits per heavy atom. The van der Waals surface area contributed by atoms with Gasteiger partial charge in [0.25, 0.3) is 0 Å². The largest absolute Gasteiger partial charge is 0.469 e. The second kappa shape index (κ2) is 19.4. The number of methoxy groups -OCH3 is 2. The molecule has 0 aliphatic carbocycles. The monoisotopic (exact) mass is 919 g/mol. The Balaban J connectivity index is 2.70. The van der Waals surface area contributed by atoms with E-state index in [1.807, 2.05) is 33.8 Å². The van der Waals surface area contributed by atoms with E-state index in [0.29, 0.717) is 38.3 Å². The lowest BCUT2D eigenvalue weighted by molar-refractivity contribution is -0.231. The molecule has 0 aromatic heterocycles. The van der Waals surface area contributed by atoms with E-state index in [2.05, 4.69) is 14.9 Å². The van der Waals surface area contributed by atoms with Crippen LogP contribution in [0.3, 0.4) is 0 Å². The molecule has 0 bridgehead atoms. The van der Waals surface area contributed by atoms with Crippen LogP contribution in [0, 0.1) is 50.2 Å². The van der Waals surface area contributed by atoms with Crippen LogP contribution in [0.25, 0.3) is 0 Å². The number of ketones is 1. The highest BCUT2D eigenvalue weighted by Gasteiger charge is 2.57. The minimum absolute atomic E-state index is 0.225. The van der Waals surface area contributed by atoms with E-state index in [9.17, 15) is 50.6 Å². The maximum absolute atomic E-state index is 15.2. The number of amides is 2. The molecule has 0 fully saturated rings. The number of nitrogens with zero attached hydrogens (tertiary/aromatic N) is 1. The Morgan fingerprint density at radius 3 is 1.89 bits per heavy atom. The van der Waals surface area contributed by atoms with Gasteiger partial charge in [0.2, 0.25) is 5.91 Å². The second-order valence-corrected chi connectivity index (χ2v) is 15.3. The predicted octanol–water partition coefficient (Wildman–Crippen LogP) is 6.64. The molecule has 0 unspecified atom stereocenters. The molecular formula is C37H42F8IN3O7. The molecule has 19 heteroatoms. The molecule has 10 nitrogen and oxygen atoms in total. The first-order chi connectivity index (χ1) is 25.7. The Hall–Kier alpha value is -4.03. The zero-order valence-corrected chi connectivity index (χ0v) is 33.3.